The Labute approximate surface area is 126 Å². The van der Waals surface area contributed by atoms with E-state index in [0.29, 0.717) is 38.4 Å². The molecule has 0 spiro atoms. The molecule has 108 valence electrons. The molecule has 1 aromatic rings. The number of halogens is 1. The van der Waals surface area contributed by atoms with Crippen molar-refractivity contribution in [2.75, 3.05) is 32.7 Å². The van der Waals surface area contributed by atoms with Gasteiger partial charge in [-0.1, -0.05) is 0 Å². The molecule has 6 nitrogen and oxygen atoms in total. The van der Waals surface area contributed by atoms with Gasteiger partial charge in [0.25, 0.3) is 5.91 Å². The lowest BCUT2D eigenvalue weighted by Crippen LogP contribution is -2.53. The number of hydrogen-bond acceptors (Lipinski definition) is 3. The number of hydrogen-bond donors (Lipinski definition) is 1. The van der Waals surface area contributed by atoms with E-state index in [1.807, 2.05) is 6.92 Å². The molecule has 3 amide bonds. The molecule has 0 unspecified atom stereocenters. The highest BCUT2D eigenvalue weighted by molar-refractivity contribution is 9.10. The lowest BCUT2D eigenvalue weighted by molar-refractivity contribution is 0.0659. The molecule has 20 heavy (non-hydrogen) atoms. The van der Waals surface area contributed by atoms with Gasteiger partial charge in [0, 0.05) is 43.4 Å². The maximum absolute atomic E-state index is 12.2. The maximum atomic E-state index is 12.2. The first-order valence-corrected chi connectivity index (χ1v) is 7.34. The van der Waals surface area contributed by atoms with Crippen molar-refractivity contribution in [2.24, 2.45) is 0 Å². The Kier molecular flexibility index (Phi) is 4.94. The standard InChI is InChI=1S/C13H17BrN4O2/c1-2-15-13(20)18-7-5-17(6-8-18)12(19)11-4-3-10(14)9-16-11/h3-4,9H,2,5-8H2,1H3,(H,15,20). The van der Waals surface area contributed by atoms with Crippen molar-refractivity contribution in [1.29, 1.82) is 0 Å². The topological polar surface area (TPSA) is 65.5 Å². The number of urea groups is 1. The van der Waals surface area contributed by atoms with Crippen LogP contribution in [0.1, 0.15) is 17.4 Å². The first-order valence-electron chi connectivity index (χ1n) is 6.55. The van der Waals surface area contributed by atoms with Crippen LogP contribution in [0.25, 0.3) is 0 Å². The summed E-state index contributed by atoms with van der Waals surface area (Å²) in [4.78, 5) is 31.5. The molecule has 0 bridgehead atoms. The van der Waals surface area contributed by atoms with Crippen molar-refractivity contribution < 1.29 is 9.59 Å². The quantitative estimate of drug-likeness (QED) is 0.883. The average molecular weight is 341 g/mol. The second-order valence-corrected chi connectivity index (χ2v) is 5.39. The molecular formula is C13H17BrN4O2. The Hall–Kier alpha value is -1.63. The van der Waals surface area contributed by atoms with Crippen LogP contribution in [-0.4, -0.2) is 59.4 Å². The van der Waals surface area contributed by atoms with Gasteiger partial charge in [0.05, 0.1) is 0 Å². The molecule has 1 aliphatic rings. The SMILES string of the molecule is CCNC(=O)N1CCN(C(=O)c2ccc(Br)cn2)CC1. The third-order valence-corrected chi connectivity index (χ3v) is 3.60. The van der Waals surface area contributed by atoms with Crippen LogP contribution in [0.4, 0.5) is 4.79 Å². The summed E-state index contributed by atoms with van der Waals surface area (Å²) in [6, 6.07) is 3.43. The van der Waals surface area contributed by atoms with Crippen LogP contribution in [0, 0.1) is 0 Å². The number of pyridine rings is 1. The number of nitrogens with one attached hydrogen (secondary N) is 1. The molecule has 1 saturated heterocycles. The van der Waals surface area contributed by atoms with E-state index in [1.165, 1.54) is 0 Å². The lowest BCUT2D eigenvalue weighted by Gasteiger charge is -2.34. The number of amides is 3. The molecule has 0 atom stereocenters. The average Bonchev–Trinajstić information content (AvgIpc) is 2.48. The van der Waals surface area contributed by atoms with E-state index >= 15 is 0 Å². The summed E-state index contributed by atoms with van der Waals surface area (Å²) in [5.74, 6) is -0.0898. The highest BCUT2D eigenvalue weighted by Crippen LogP contribution is 2.11. The molecule has 1 aromatic heterocycles. The summed E-state index contributed by atoms with van der Waals surface area (Å²) in [5, 5.41) is 2.76. The Morgan fingerprint density at radius 1 is 1.25 bits per heavy atom. The minimum atomic E-state index is -0.0898. The summed E-state index contributed by atoms with van der Waals surface area (Å²) in [6.07, 6.45) is 1.61. The van der Waals surface area contributed by atoms with Crippen LogP contribution in [0.2, 0.25) is 0 Å². The fourth-order valence-electron chi connectivity index (χ4n) is 2.04. The van der Waals surface area contributed by atoms with E-state index in [4.69, 9.17) is 0 Å². The minimum Gasteiger partial charge on any atom is -0.338 e. The number of aromatic nitrogens is 1. The summed E-state index contributed by atoms with van der Waals surface area (Å²) in [5.41, 5.74) is 0.430. The summed E-state index contributed by atoms with van der Waals surface area (Å²) >= 11 is 3.29. The molecule has 1 fully saturated rings. The van der Waals surface area contributed by atoms with Crippen molar-refractivity contribution in [1.82, 2.24) is 20.1 Å². The summed E-state index contributed by atoms with van der Waals surface area (Å²) < 4.78 is 0.843. The van der Waals surface area contributed by atoms with Crippen molar-refractivity contribution in [3.63, 3.8) is 0 Å². The highest BCUT2D eigenvalue weighted by Gasteiger charge is 2.24. The van der Waals surface area contributed by atoms with Crippen LogP contribution >= 0.6 is 15.9 Å². The van der Waals surface area contributed by atoms with Gasteiger partial charge in [0.15, 0.2) is 0 Å². The predicted molar refractivity (Wildman–Crippen MR) is 78.5 cm³/mol. The minimum absolute atomic E-state index is 0.0682. The first kappa shape index (κ1) is 14.8. The van der Waals surface area contributed by atoms with Crippen LogP contribution in [0.3, 0.4) is 0 Å². The second kappa shape index (κ2) is 6.69. The molecule has 0 radical (unpaired) electrons. The molecule has 2 rings (SSSR count). The fourth-order valence-corrected chi connectivity index (χ4v) is 2.27. The second-order valence-electron chi connectivity index (χ2n) is 4.48. The van der Waals surface area contributed by atoms with Crippen molar-refractivity contribution >= 4 is 27.9 Å². The van der Waals surface area contributed by atoms with Crippen molar-refractivity contribution in [3.05, 3.63) is 28.5 Å². The zero-order chi connectivity index (χ0) is 14.5. The van der Waals surface area contributed by atoms with Gasteiger partial charge in [-0.2, -0.15) is 0 Å². The van der Waals surface area contributed by atoms with E-state index < -0.39 is 0 Å². The van der Waals surface area contributed by atoms with Crippen molar-refractivity contribution in [2.45, 2.75) is 6.92 Å². The molecule has 0 saturated carbocycles. The zero-order valence-electron chi connectivity index (χ0n) is 11.3. The largest absolute Gasteiger partial charge is 0.338 e. The van der Waals surface area contributed by atoms with Gasteiger partial charge in [-0.25, -0.2) is 9.78 Å². The van der Waals surface area contributed by atoms with E-state index in [1.54, 1.807) is 28.1 Å². The van der Waals surface area contributed by atoms with Gasteiger partial charge < -0.3 is 15.1 Å². The van der Waals surface area contributed by atoms with E-state index in [0.717, 1.165) is 4.47 Å². The normalized spacial score (nSPS) is 15.1. The van der Waals surface area contributed by atoms with Gasteiger partial charge in [0.1, 0.15) is 5.69 Å². The Balaban J connectivity index is 1.92. The smallest absolute Gasteiger partial charge is 0.317 e. The maximum Gasteiger partial charge on any atom is 0.317 e. The Morgan fingerprint density at radius 2 is 1.90 bits per heavy atom. The van der Waals surface area contributed by atoms with E-state index in [2.05, 4.69) is 26.2 Å². The van der Waals surface area contributed by atoms with Crippen LogP contribution in [-0.2, 0) is 0 Å². The molecule has 1 N–H and O–H groups in total. The highest BCUT2D eigenvalue weighted by atomic mass is 79.9. The van der Waals surface area contributed by atoms with Gasteiger partial charge in [-0.15, -0.1) is 0 Å². The van der Waals surface area contributed by atoms with Gasteiger partial charge in [-0.3, -0.25) is 4.79 Å². The van der Waals surface area contributed by atoms with Gasteiger partial charge in [0.2, 0.25) is 0 Å². The molecular weight excluding hydrogens is 324 g/mol. The summed E-state index contributed by atoms with van der Waals surface area (Å²) in [7, 11) is 0. The number of piperazine rings is 1. The van der Waals surface area contributed by atoms with Crippen LogP contribution < -0.4 is 5.32 Å². The number of carbonyl (C=O) groups is 2. The lowest BCUT2D eigenvalue weighted by atomic mass is 10.2. The van der Waals surface area contributed by atoms with Crippen LogP contribution in [0.5, 0.6) is 0 Å². The number of rotatable bonds is 2. The molecule has 2 heterocycles. The fraction of sp³-hybridized carbons (Fsp3) is 0.462. The van der Waals surface area contributed by atoms with E-state index in [-0.39, 0.29) is 11.9 Å². The molecule has 0 aliphatic carbocycles. The van der Waals surface area contributed by atoms with E-state index in [9.17, 15) is 9.59 Å². The van der Waals surface area contributed by atoms with Crippen molar-refractivity contribution in [3.8, 4) is 0 Å². The van der Waals surface area contributed by atoms with Gasteiger partial charge in [-0.05, 0) is 35.0 Å². The monoisotopic (exact) mass is 340 g/mol. The van der Waals surface area contributed by atoms with Gasteiger partial charge >= 0.3 is 6.03 Å². The first-order chi connectivity index (χ1) is 9.61. The predicted octanol–water partition coefficient (Wildman–Crippen LogP) is 1.33. The zero-order valence-corrected chi connectivity index (χ0v) is 12.9. The Bertz CT molecular complexity index is 484. The third-order valence-electron chi connectivity index (χ3n) is 3.13. The number of nitrogens with zero attached hydrogens (tertiary/aromatic N) is 3. The molecule has 7 heteroatoms. The molecule has 1 aliphatic heterocycles. The van der Waals surface area contributed by atoms with Crippen LogP contribution in [0.15, 0.2) is 22.8 Å². The molecule has 0 aromatic carbocycles. The third kappa shape index (κ3) is 3.47. The number of carbonyl (C=O) groups excluding carboxylic acids is 2. The summed E-state index contributed by atoms with van der Waals surface area (Å²) in [6.45, 7) is 4.67. The Morgan fingerprint density at radius 3 is 2.45 bits per heavy atom.